The highest BCUT2D eigenvalue weighted by atomic mass is 19.4. The van der Waals surface area contributed by atoms with Crippen LogP contribution >= 0.6 is 0 Å². The normalized spacial score (nSPS) is 16.9. The van der Waals surface area contributed by atoms with E-state index in [0.717, 1.165) is 11.8 Å². The van der Waals surface area contributed by atoms with Gasteiger partial charge in [-0.3, -0.25) is 4.79 Å². The number of nitrogens with zero attached hydrogens (tertiary/aromatic N) is 4. The summed E-state index contributed by atoms with van der Waals surface area (Å²) >= 11 is 0. The van der Waals surface area contributed by atoms with E-state index in [1.165, 1.54) is 6.07 Å². The molecule has 2 aromatic rings. The first-order valence-corrected chi connectivity index (χ1v) is 9.29. The third-order valence-electron chi connectivity index (χ3n) is 4.81. The fraction of sp³-hybridized carbons (Fsp3) is 0.400. The Balaban J connectivity index is 1.54. The number of alkyl halides is 3. The zero-order valence-electron chi connectivity index (χ0n) is 15.6. The van der Waals surface area contributed by atoms with Gasteiger partial charge in [0.2, 0.25) is 11.7 Å². The lowest BCUT2D eigenvalue weighted by molar-refractivity contribution is -0.145. The van der Waals surface area contributed by atoms with Crippen molar-refractivity contribution in [3.05, 3.63) is 53.5 Å². The lowest BCUT2D eigenvalue weighted by Gasteiger charge is -2.33. The summed E-state index contributed by atoms with van der Waals surface area (Å²) < 4.78 is 38.5. The Morgan fingerprint density at radius 3 is 2.72 bits per heavy atom. The first kappa shape index (κ1) is 20.6. The predicted octanol–water partition coefficient (Wildman–Crippen LogP) is 2.94. The first-order chi connectivity index (χ1) is 13.9. The molecule has 152 valence electrons. The number of nitriles is 1. The average molecular weight is 403 g/mol. The average Bonchev–Trinajstić information content (AvgIpc) is 2.74. The van der Waals surface area contributed by atoms with E-state index in [1.54, 1.807) is 17.0 Å². The molecular formula is C20H20F3N5O. The molecular weight excluding hydrogens is 383 g/mol. The maximum Gasteiger partial charge on any atom is 0.451 e. The highest BCUT2D eigenvalue weighted by molar-refractivity contribution is 5.79. The molecule has 3 rings (SSSR count). The van der Waals surface area contributed by atoms with Gasteiger partial charge in [0.1, 0.15) is 5.82 Å². The summed E-state index contributed by atoms with van der Waals surface area (Å²) in [7, 11) is 0. The molecule has 6 nitrogen and oxygen atoms in total. The van der Waals surface area contributed by atoms with Gasteiger partial charge in [-0.2, -0.15) is 18.4 Å². The maximum absolute atomic E-state index is 12.8. The van der Waals surface area contributed by atoms with Crippen LogP contribution in [-0.4, -0.2) is 35.5 Å². The number of nitrogens with one attached hydrogen (secondary N) is 1. The zero-order valence-corrected chi connectivity index (χ0v) is 15.6. The van der Waals surface area contributed by atoms with Crippen LogP contribution in [0.2, 0.25) is 0 Å². The van der Waals surface area contributed by atoms with Gasteiger partial charge >= 0.3 is 6.18 Å². The fourth-order valence-electron chi connectivity index (χ4n) is 3.28. The number of hydrogen-bond acceptors (Lipinski definition) is 5. The highest BCUT2D eigenvalue weighted by Gasteiger charge is 2.35. The summed E-state index contributed by atoms with van der Waals surface area (Å²) in [5.74, 6) is -1.42. The number of halogens is 3. The number of rotatable bonds is 5. The van der Waals surface area contributed by atoms with Crippen LogP contribution in [0.25, 0.3) is 0 Å². The number of amides is 1. The number of carbonyl (C=O) groups is 1. The number of anilines is 1. The molecule has 1 N–H and O–H groups in total. The molecule has 1 aromatic heterocycles. The third-order valence-corrected chi connectivity index (χ3v) is 4.81. The van der Waals surface area contributed by atoms with Crippen molar-refractivity contribution in [3.63, 3.8) is 0 Å². The van der Waals surface area contributed by atoms with E-state index in [4.69, 9.17) is 5.26 Å². The molecule has 29 heavy (non-hydrogen) atoms. The molecule has 0 unspecified atom stereocenters. The second-order valence-corrected chi connectivity index (χ2v) is 6.87. The standard InChI is InChI=1S/C20H20F3N5O/c21-20(22,23)19-26-10-8-17(27-19)28-11-1-2-16(13-28)18(29)25-9-7-14-3-5-15(12-24)6-4-14/h3-6,8,10,16H,1-2,7,9,11,13H2,(H,25,29)/t16-/m1/s1. The van der Waals surface area contributed by atoms with Gasteiger partial charge in [-0.1, -0.05) is 12.1 Å². The SMILES string of the molecule is N#Cc1ccc(CCNC(=O)[C@@H]2CCCN(c3ccnc(C(F)(F)F)n3)C2)cc1. The van der Waals surface area contributed by atoms with Crippen molar-refractivity contribution >= 4 is 11.7 Å². The molecule has 0 saturated carbocycles. The summed E-state index contributed by atoms with van der Waals surface area (Å²) in [4.78, 5) is 21.1. The van der Waals surface area contributed by atoms with E-state index in [2.05, 4.69) is 21.4 Å². The first-order valence-electron chi connectivity index (χ1n) is 9.29. The van der Waals surface area contributed by atoms with Crippen LogP contribution in [0.15, 0.2) is 36.5 Å². The monoisotopic (exact) mass is 403 g/mol. The van der Waals surface area contributed by atoms with Gasteiger partial charge in [0, 0.05) is 25.8 Å². The quantitative estimate of drug-likeness (QED) is 0.830. The second-order valence-electron chi connectivity index (χ2n) is 6.87. The van der Waals surface area contributed by atoms with Gasteiger partial charge in [-0.15, -0.1) is 0 Å². The molecule has 2 heterocycles. The lowest BCUT2D eigenvalue weighted by Crippen LogP contribution is -2.44. The van der Waals surface area contributed by atoms with Crippen molar-refractivity contribution in [2.75, 3.05) is 24.5 Å². The number of benzene rings is 1. The van der Waals surface area contributed by atoms with Gasteiger partial charge in [0.15, 0.2) is 0 Å². The van der Waals surface area contributed by atoms with Gasteiger partial charge < -0.3 is 10.2 Å². The Morgan fingerprint density at radius 1 is 1.28 bits per heavy atom. The topological polar surface area (TPSA) is 81.9 Å². The van der Waals surface area contributed by atoms with Gasteiger partial charge in [0.05, 0.1) is 17.6 Å². The molecule has 0 spiro atoms. The summed E-state index contributed by atoms with van der Waals surface area (Å²) in [6.45, 7) is 1.31. The van der Waals surface area contributed by atoms with Crippen molar-refractivity contribution in [1.29, 1.82) is 5.26 Å². The van der Waals surface area contributed by atoms with Crippen molar-refractivity contribution < 1.29 is 18.0 Å². The predicted molar refractivity (Wildman–Crippen MR) is 99.8 cm³/mol. The largest absolute Gasteiger partial charge is 0.451 e. The van der Waals surface area contributed by atoms with Crippen LogP contribution < -0.4 is 10.2 Å². The smallest absolute Gasteiger partial charge is 0.356 e. The molecule has 1 fully saturated rings. The van der Waals surface area contributed by atoms with Crippen molar-refractivity contribution in [3.8, 4) is 6.07 Å². The second kappa shape index (κ2) is 8.90. The molecule has 1 atom stereocenters. The number of hydrogen-bond donors (Lipinski definition) is 1. The zero-order chi connectivity index (χ0) is 20.9. The molecule has 1 aliphatic heterocycles. The van der Waals surface area contributed by atoms with E-state index < -0.39 is 12.0 Å². The summed E-state index contributed by atoms with van der Waals surface area (Å²) in [6.07, 6.45) is -1.51. The van der Waals surface area contributed by atoms with Crippen LogP contribution in [0.1, 0.15) is 29.8 Å². The van der Waals surface area contributed by atoms with Crippen LogP contribution in [0.4, 0.5) is 19.0 Å². The lowest BCUT2D eigenvalue weighted by atomic mass is 9.97. The summed E-state index contributed by atoms with van der Waals surface area (Å²) in [5.41, 5.74) is 1.59. The highest BCUT2D eigenvalue weighted by Crippen LogP contribution is 2.28. The molecule has 1 aromatic carbocycles. The fourth-order valence-corrected chi connectivity index (χ4v) is 3.28. The van der Waals surface area contributed by atoms with Crippen LogP contribution in [0.3, 0.4) is 0 Å². The number of piperidine rings is 1. The van der Waals surface area contributed by atoms with Gasteiger partial charge in [-0.25, -0.2) is 9.97 Å². The molecule has 0 radical (unpaired) electrons. The van der Waals surface area contributed by atoms with E-state index in [9.17, 15) is 18.0 Å². The molecule has 1 amide bonds. The van der Waals surface area contributed by atoms with E-state index >= 15 is 0 Å². The van der Waals surface area contributed by atoms with Crippen LogP contribution in [0, 0.1) is 17.2 Å². The molecule has 9 heteroatoms. The van der Waals surface area contributed by atoms with E-state index in [1.807, 2.05) is 12.1 Å². The minimum Gasteiger partial charge on any atom is -0.356 e. The van der Waals surface area contributed by atoms with E-state index in [-0.39, 0.29) is 17.6 Å². The minimum atomic E-state index is -4.60. The summed E-state index contributed by atoms with van der Waals surface area (Å²) in [5, 5.41) is 11.7. The number of carbonyl (C=O) groups excluding carboxylic acids is 1. The molecule has 1 aliphatic rings. The van der Waals surface area contributed by atoms with Gasteiger partial charge in [0.25, 0.3) is 0 Å². The summed E-state index contributed by atoms with van der Waals surface area (Å²) in [6, 6.07) is 10.6. The Kier molecular flexibility index (Phi) is 6.32. The Hall–Kier alpha value is -3.15. The Bertz CT molecular complexity index is 892. The van der Waals surface area contributed by atoms with Crippen LogP contribution in [-0.2, 0) is 17.4 Å². The number of aromatic nitrogens is 2. The van der Waals surface area contributed by atoms with E-state index in [0.29, 0.717) is 44.5 Å². The minimum absolute atomic E-state index is 0.117. The van der Waals surface area contributed by atoms with Crippen molar-refractivity contribution in [2.45, 2.75) is 25.4 Å². The third kappa shape index (κ3) is 5.44. The van der Waals surface area contributed by atoms with Crippen molar-refractivity contribution in [1.82, 2.24) is 15.3 Å². The Labute approximate surface area is 166 Å². The Morgan fingerprint density at radius 2 is 2.03 bits per heavy atom. The maximum atomic E-state index is 12.8. The molecule has 1 saturated heterocycles. The molecule has 0 bridgehead atoms. The van der Waals surface area contributed by atoms with Crippen molar-refractivity contribution in [2.24, 2.45) is 5.92 Å². The van der Waals surface area contributed by atoms with Crippen LogP contribution in [0.5, 0.6) is 0 Å². The molecule has 0 aliphatic carbocycles. The van der Waals surface area contributed by atoms with Gasteiger partial charge in [-0.05, 0) is 43.0 Å².